The number of H-pyrrole nitrogens is 1. The van der Waals surface area contributed by atoms with E-state index in [2.05, 4.69) is 23.8 Å². The Kier molecular flexibility index (Phi) is 4.99. The van der Waals surface area contributed by atoms with E-state index in [0.29, 0.717) is 33.3 Å². The highest BCUT2D eigenvalue weighted by Gasteiger charge is 2.15. The number of hydrogen-bond acceptors (Lipinski definition) is 5. The molecule has 0 fully saturated rings. The van der Waals surface area contributed by atoms with Crippen LogP contribution in [0.4, 0.5) is 0 Å². The van der Waals surface area contributed by atoms with Crippen LogP contribution in [0.5, 0.6) is 5.75 Å². The molecule has 0 aliphatic carbocycles. The Balaban J connectivity index is 1.86. The van der Waals surface area contributed by atoms with Gasteiger partial charge < -0.3 is 9.72 Å². The summed E-state index contributed by atoms with van der Waals surface area (Å²) in [5.41, 5.74) is 1.42. The Morgan fingerprint density at radius 3 is 2.64 bits per heavy atom. The summed E-state index contributed by atoms with van der Waals surface area (Å²) in [6.07, 6.45) is 0.907. The van der Waals surface area contributed by atoms with Crippen molar-refractivity contribution in [2.75, 3.05) is 7.11 Å². The third-order valence-electron chi connectivity index (χ3n) is 3.94. The number of methoxy groups -OCH3 is 1. The number of aromatic nitrogens is 2. The molecule has 1 N–H and O–H groups in total. The van der Waals surface area contributed by atoms with Crippen molar-refractivity contribution >= 4 is 27.3 Å². The number of fused-ring (bicyclic) bond motifs is 1. The molecule has 0 aliphatic rings. The number of hydrogen-bond donors (Lipinski definition) is 1. The minimum absolute atomic E-state index is 0.0644. The fraction of sp³-hybridized carbons (Fsp3) is 0.316. The molecule has 0 amide bonds. The molecule has 130 valence electrons. The summed E-state index contributed by atoms with van der Waals surface area (Å²) >= 11 is 1.45. The summed E-state index contributed by atoms with van der Waals surface area (Å²) < 4.78 is 5.09. The summed E-state index contributed by atoms with van der Waals surface area (Å²) in [4.78, 5) is 32.8. The van der Waals surface area contributed by atoms with Gasteiger partial charge in [-0.1, -0.05) is 13.8 Å². The molecule has 0 aliphatic heterocycles. The van der Waals surface area contributed by atoms with Crippen molar-refractivity contribution in [3.05, 3.63) is 57.0 Å². The summed E-state index contributed by atoms with van der Waals surface area (Å²) in [5, 5.41) is 2.64. The van der Waals surface area contributed by atoms with Crippen molar-refractivity contribution < 1.29 is 9.53 Å². The van der Waals surface area contributed by atoms with Crippen molar-refractivity contribution in [3.8, 4) is 5.75 Å². The second-order valence-electron chi connectivity index (χ2n) is 6.38. The molecular formula is C19H20N2O3S. The van der Waals surface area contributed by atoms with Gasteiger partial charge in [-0.05, 0) is 47.5 Å². The maximum atomic E-state index is 12.4. The lowest BCUT2D eigenvalue weighted by molar-refractivity contribution is 0.0991. The molecule has 6 heteroatoms. The van der Waals surface area contributed by atoms with Crippen LogP contribution in [0.2, 0.25) is 0 Å². The van der Waals surface area contributed by atoms with Crippen molar-refractivity contribution in [1.29, 1.82) is 0 Å². The minimum atomic E-state index is -0.167. The first kappa shape index (κ1) is 17.4. The second kappa shape index (κ2) is 7.19. The van der Waals surface area contributed by atoms with E-state index in [1.165, 1.54) is 11.3 Å². The first-order valence-corrected chi connectivity index (χ1v) is 9.02. The Hall–Kier alpha value is -2.47. The van der Waals surface area contributed by atoms with Gasteiger partial charge in [0.1, 0.15) is 16.4 Å². The lowest BCUT2D eigenvalue weighted by atomic mass is 10.0. The molecule has 0 radical (unpaired) electrons. The van der Waals surface area contributed by atoms with E-state index in [-0.39, 0.29) is 17.8 Å². The fourth-order valence-electron chi connectivity index (χ4n) is 2.76. The number of benzene rings is 1. The second-order valence-corrected chi connectivity index (χ2v) is 7.24. The number of rotatable bonds is 6. The Morgan fingerprint density at radius 2 is 2.00 bits per heavy atom. The predicted molar refractivity (Wildman–Crippen MR) is 99.8 cm³/mol. The van der Waals surface area contributed by atoms with Gasteiger partial charge >= 0.3 is 0 Å². The van der Waals surface area contributed by atoms with Gasteiger partial charge in [0.25, 0.3) is 5.56 Å². The van der Waals surface area contributed by atoms with E-state index in [1.807, 2.05) is 5.38 Å². The van der Waals surface area contributed by atoms with Crippen LogP contribution in [0, 0.1) is 5.92 Å². The zero-order valence-electron chi connectivity index (χ0n) is 14.5. The molecule has 0 unspecified atom stereocenters. The van der Waals surface area contributed by atoms with E-state index < -0.39 is 0 Å². The quantitative estimate of drug-likeness (QED) is 0.685. The van der Waals surface area contributed by atoms with Crippen molar-refractivity contribution in [1.82, 2.24) is 9.97 Å². The Bertz CT molecular complexity index is 955. The number of ketones is 1. The van der Waals surface area contributed by atoms with Crippen LogP contribution in [0.15, 0.2) is 34.4 Å². The van der Waals surface area contributed by atoms with Gasteiger partial charge in [0.05, 0.1) is 18.9 Å². The van der Waals surface area contributed by atoms with Crippen LogP contribution < -0.4 is 10.3 Å². The van der Waals surface area contributed by atoms with E-state index in [4.69, 9.17) is 4.74 Å². The summed E-state index contributed by atoms with van der Waals surface area (Å²) in [6.45, 7) is 4.24. The van der Waals surface area contributed by atoms with Gasteiger partial charge in [0, 0.05) is 5.56 Å². The predicted octanol–water partition coefficient (Wildman–Crippen LogP) is 3.62. The largest absolute Gasteiger partial charge is 0.497 e. The monoisotopic (exact) mass is 356 g/mol. The maximum Gasteiger partial charge on any atom is 0.259 e. The van der Waals surface area contributed by atoms with E-state index in [0.717, 1.165) is 12.0 Å². The number of nitrogens with zero attached hydrogens (tertiary/aromatic N) is 1. The molecule has 25 heavy (non-hydrogen) atoms. The van der Waals surface area contributed by atoms with Crippen LogP contribution in [-0.4, -0.2) is 22.9 Å². The Labute approximate surface area is 149 Å². The number of carbonyl (C=O) groups excluding carboxylic acids is 1. The molecule has 0 bridgehead atoms. The number of ether oxygens (including phenoxy) is 1. The van der Waals surface area contributed by atoms with Gasteiger partial charge in [-0.25, -0.2) is 4.98 Å². The number of aromatic amines is 1. The van der Waals surface area contributed by atoms with Gasteiger partial charge in [-0.3, -0.25) is 9.59 Å². The molecule has 0 spiro atoms. The SMILES string of the molecule is COc1ccc(C(=O)Cc2nc3scc(CC(C)C)c3c(=O)[nH]2)cc1. The summed E-state index contributed by atoms with van der Waals surface area (Å²) in [7, 11) is 1.58. The molecule has 0 saturated carbocycles. The number of carbonyl (C=O) groups is 1. The highest BCUT2D eigenvalue weighted by Crippen LogP contribution is 2.23. The van der Waals surface area contributed by atoms with Crippen LogP contribution in [0.1, 0.15) is 35.6 Å². The Morgan fingerprint density at radius 1 is 1.28 bits per heavy atom. The minimum Gasteiger partial charge on any atom is -0.497 e. The molecule has 2 heterocycles. The lowest BCUT2D eigenvalue weighted by Crippen LogP contribution is -2.15. The van der Waals surface area contributed by atoms with Crippen molar-refractivity contribution in [3.63, 3.8) is 0 Å². The van der Waals surface area contributed by atoms with Crippen LogP contribution >= 0.6 is 11.3 Å². The zero-order valence-corrected chi connectivity index (χ0v) is 15.3. The third-order valence-corrected chi connectivity index (χ3v) is 4.86. The van der Waals surface area contributed by atoms with Gasteiger partial charge in [-0.2, -0.15) is 0 Å². The molecular weight excluding hydrogens is 336 g/mol. The molecule has 0 atom stereocenters. The van der Waals surface area contributed by atoms with Gasteiger partial charge in [-0.15, -0.1) is 11.3 Å². The van der Waals surface area contributed by atoms with Crippen LogP contribution in [0.3, 0.4) is 0 Å². The average Bonchev–Trinajstić information content (AvgIpc) is 2.97. The molecule has 3 rings (SSSR count). The maximum absolute atomic E-state index is 12.4. The van der Waals surface area contributed by atoms with Crippen LogP contribution in [-0.2, 0) is 12.8 Å². The first-order chi connectivity index (χ1) is 12.0. The molecule has 1 aromatic carbocycles. The molecule has 0 saturated heterocycles. The van der Waals surface area contributed by atoms with Crippen molar-refractivity contribution in [2.45, 2.75) is 26.7 Å². The molecule has 3 aromatic rings. The van der Waals surface area contributed by atoms with E-state index >= 15 is 0 Å². The van der Waals surface area contributed by atoms with E-state index in [1.54, 1.807) is 31.4 Å². The number of nitrogens with one attached hydrogen (secondary N) is 1. The topological polar surface area (TPSA) is 72.0 Å². The van der Waals surface area contributed by atoms with Crippen LogP contribution in [0.25, 0.3) is 10.2 Å². The molecule has 5 nitrogen and oxygen atoms in total. The van der Waals surface area contributed by atoms with E-state index in [9.17, 15) is 9.59 Å². The van der Waals surface area contributed by atoms with Crippen molar-refractivity contribution in [2.24, 2.45) is 5.92 Å². The number of Topliss-reactive ketones (excluding diaryl/α,β-unsaturated/α-hetero) is 1. The highest BCUT2D eigenvalue weighted by molar-refractivity contribution is 7.16. The standard InChI is InChI=1S/C19H20N2O3S/c1-11(2)8-13-10-25-19-17(13)18(23)20-16(21-19)9-15(22)12-4-6-14(24-3)7-5-12/h4-7,10-11H,8-9H2,1-3H3,(H,20,21,23). The smallest absolute Gasteiger partial charge is 0.259 e. The third kappa shape index (κ3) is 3.79. The molecule has 2 aromatic heterocycles. The fourth-order valence-corrected chi connectivity index (χ4v) is 3.73. The normalized spacial score (nSPS) is 11.2. The van der Waals surface area contributed by atoms with Gasteiger partial charge in [0.15, 0.2) is 5.78 Å². The lowest BCUT2D eigenvalue weighted by Gasteiger charge is -2.04. The van der Waals surface area contributed by atoms with Gasteiger partial charge in [0.2, 0.25) is 0 Å². The summed E-state index contributed by atoms with van der Waals surface area (Å²) in [5.74, 6) is 1.47. The highest BCUT2D eigenvalue weighted by atomic mass is 32.1. The number of thiophene rings is 1. The average molecular weight is 356 g/mol. The summed E-state index contributed by atoms with van der Waals surface area (Å²) in [6, 6.07) is 6.90. The zero-order chi connectivity index (χ0) is 18.0. The first-order valence-electron chi connectivity index (χ1n) is 8.14.